The summed E-state index contributed by atoms with van der Waals surface area (Å²) in [5.41, 5.74) is 4.50. The van der Waals surface area contributed by atoms with Crippen LogP contribution in [-0.4, -0.2) is 32.8 Å². The van der Waals surface area contributed by atoms with Gasteiger partial charge in [-0.1, -0.05) is 36.4 Å². The van der Waals surface area contributed by atoms with E-state index >= 15 is 0 Å². The number of hydrogen-bond acceptors (Lipinski definition) is 6. The van der Waals surface area contributed by atoms with Gasteiger partial charge in [0, 0.05) is 49.2 Å². The lowest BCUT2D eigenvalue weighted by Crippen LogP contribution is -2.20. The summed E-state index contributed by atoms with van der Waals surface area (Å²) in [6, 6.07) is 15.9. The predicted octanol–water partition coefficient (Wildman–Crippen LogP) is 4.94. The number of nitrogens with one attached hydrogen (secondary N) is 1. The fourth-order valence-corrected chi connectivity index (χ4v) is 4.37. The molecule has 0 fully saturated rings. The SMILES string of the molecule is C=N/C(=C\C(=C/C)OC)NCc1ccc2nc(Cn3ccc4c(-c5ccccc5)cncc4c3=O)cn2c1. The molecule has 0 unspecified atom stereocenters. The van der Waals surface area contributed by atoms with Gasteiger partial charge in [-0.3, -0.25) is 9.78 Å². The smallest absolute Gasteiger partial charge is 0.260 e. The van der Waals surface area contributed by atoms with E-state index in [4.69, 9.17) is 9.72 Å². The number of benzene rings is 1. The summed E-state index contributed by atoms with van der Waals surface area (Å²) in [5.74, 6) is 1.32. The minimum atomic E-state index is -0.0949. The van der Waals surface area contributed by atoms with Crippen LogP contribution in [0.2, 0.25) is 0 Å². The Labute approximate surface area is 220 Å². The number of aliphatic imine (C=N–C) groups is 1. The molecule has 5 aromatic rings. The maximum atomic E-state index is 13.3. The van der Waals surface area contributed by atoms with E-state index in [-0.39, 0.29) is 5.56 Å². The van der Waals surface area contributed by atoms with Crippen LogP contribution in [0.3, 0.4) is 0 Å². The highest BCUT2D eigenvalue weighted by molar-refractivity contribution is 5.95. The highest BCUT2D eigenvalue weighted by Crippen LogP contribution is 2.25. The van der Waals surface area contributed by atoms with Crippen LogP contribution in [0, 0.1) is 0 Å². The first-order chi connectivity index (χ1) is 18.6. The molecule has 4 heterocycles. The molecule has 0 aliphatic carbocycles. The summed E-state index contributed by atoms with van der Waals surface area (Å²) in [7, 11) is 1.61. The third-order valence-electron chi connectivity index (χ3n) is 6.32. The van der Waals surface area contributed by atoms with Crippen molar-refractivity contribution in [3.63, 3.8) is 0 Å². The quantitative estimate of drug-likeness (QED) is 0.175. The van der Waals surface area contributed by atoms with Crippen LogP contribution < -0.4 is 10.9 Å². The second-order valence-corrected chi connectivity index (χ2v) is 8.73. The Hall–Kier alpha value is -4.98. The number of imidazole rings is 1. The zero-order chi connectivity index (χ0) is 26.5. The molecule has 0 aliphatic heterocycles. The normalized spacial score (nSPS) is 12.2. The Morgan fingerprint density at radius 2 is 1.95 bits per heavy atom. The van der Waals surface area contributed by atoms with Gasteiger partial charge < -0.3 is 19.0 Å². The summed E-state index contributed by atoms with van der Waals surface area (Å²) in [5, 5.41) is 4.73. The summed E-state index contributed by atoms with van der Waals surface area (Å²) < 4.78 is 8.90. The van der Waals surface area contributed by atoms with E-state index in [2.05, 4.69) is 22.0 Å². The van der Waals surface area contributed by atoms with Crippen molar-refractivity contribution in [2.24, 2.45) is 4.99 Å². The van der Waals surface area contributed by atoms with E-state index in [9.17, 15) is 4.79 Å². The maximum absolute atomic E-state index is 13.3. The Kier molecular flexibility index (Phi) is 7.13. The summed E-state index contributed by atoms with van der Waals surface area (Å²) in [4.78, 5) is 26.4. The van der Waals surface area contributed by atoms with Gasteiger partial charge in [0.2, 0.25) is 0 Å². The fraction of sp³-hybridized carbons (Fsp3) is 0.133. The van der Waals surface area contributed by atoms with Crippen molar-refractivity contribution in [1.29, 1.82) is 0 Å². The minimum Gasteiger partial charge on any atom is -0.497 e. The van der Waals surface area contributed by atoms with Crippen molar-refractivity contribution in [3.8, 4) is 11.1 Å². The lowest BCUT2D eigenvalue weighted by atomic mass is 10.0. The first-order valence-corrected chi connectivity index (χ1v) is 12.2. The van der Waals surface area contributed by atoms with Gasteiger partial charge in [-0.05, 0) is 48.4 Å². The standard InChI is InChI=1S/C30H28N6O2/c1-4-24(38-3)14-28(31-2)33-15-21-10-11-29-34-23(20-36(29)18-21)19-35-13-12-25-26(22-8-6-5-7-9-22)16-32-17-27(25)30(35)37/h4-14,16-18,20,33H,2,15,19H2,1,3H3/b24-4+,28-14+. The van der Waals surface area contributed by atoms with Gasteiger partial charge in [0.15, 0.2) is 0 Å². The number of pyridine rings is 3. The molecule has 0 amide bonds. The first-order valence-electron chi connectivity index (χ1n) is 12.2. The molecule has 0 aliphatic rings. The highest BCUT2D eigenvalue weighted by Gasteiger charge is 2.11. The van der Waals surface area contributed by atoms with Crippen LogP contribution >= 0.6 is 0 Å². The molecule has 0 bridgehead atoms. The average molecular weight is 505 g/mol. The zero-order valence-corrected chi connectivity index (χ0v) is 21.3. The number of hydrogen-bond donors (Lipinski definition) is 1. The van der Waals surface area contributed by atoms with E-state index < -0.39 is 0 Å². The summed E-state index contributed by atoms with van der Waals surface area (Å²) in [6.07, 6.45) is 12.9. The number of aromatic nitrogens is 4. The highest BCUT2D eigenvalue weighted by atomic mass is 16.5. The summed E-state index contributed by atoms with van der Waals surface area (Å²) >= 11 is 0. The molecular weight excluding hydrogens is 476 g/mol. The lowest BCUT2D eigenvalue weighted by Gasteiger charge is -2.09. The van der Waals surface area contributed by atoms with Crippen LogP contribution in [0.4, 0.5) is 0 Å². The molecule has 0 saturated heterocycles. The second kappa shape index (κ2) is 11.0. The lowest BCUT2D eigenvalue weighted by molar-refractivity contribution is 0.305. The van der Waals surface area contributed by atoms with E-state index in [1.165, 1.54) is 0 Å². The summed E-state index contributed by atoms with van der Waals surface area (Å²) in [6.45, 7) is 6.43. The van der Waals surface area contributed by atoms with Crippen LogP contribution in [0.25, 0.3) is 27.5 Å². The number of allylic oxidation sites excluding steroid dienone is 2. The molecule has 38 heavy (non-hydrogen) atoms. The van der Waals surface area contributed by atoms with Crippen molar-refractivity contribution < 1.29 is 4.74 Å². The van der Waals surface area contributed by atoms with E-state index in [1.807, 2.05) is 84.5 Å². The van der Waals surface area contributed by atoms with Gasteiger partial charge in [-0.15, -0.1) is 0 Å². The Morgan fingerprint density at radius 1 is 1.11 bits per heavy atom. The van der Waals surface area contributed by atoms with Gasteiger partial charge >= 0.3 is 0 Å². The van der Waals surface area contributed by atoms with E-state index in [0.717, 1.165) is 33.4 Å². The van der Waals surface area contributed by atoms with Crippen molar-refractivity contribution >= 4 is 23.1 Å². The number of fused-ring (bicyclic) bond motifs is 2. The average Bonchev–Trinajstić information content (AvgIpc) is 3.36. The second-order valence-electron chi connectivity index (χ2n) is 8.73. The van der Waals surface area contributed by atoms with Crippen LogP contribution in [0.15, 0.2) is 113 Å². The van der Waals surface area contributed by atoms with Gasteiger partial charge in [0.1, 0.15) is 17.2 Å². The first kappa shape index (κ1) is 24.7. The Bertz CT molecular complexity index is 1730. The van der Waals surface area contributed by atoms with Crippen LogP contribution in [0.5, 0.6) is 0 Å². The molecule has 0 saturated carbocycles. The van der Waals surface area contributed by atoms with Crippen molar-refractivity contribution in [1.82, 2.24) is 24.3 Å². The molecule has 1 aromatic carbocycles. The van der Waals surface area contributed by atoms with Gasteiger partial charge in [-0.2, -0.15) is 0 Å². The molecule has 8 heteroatoms. The van der Waals surface area contributed by atoms with Crippen LogP contribution in [-0.2, 0) is 17.8 Å². The Balaban J connectivity index is 1.38. The molecule has 8 nitrogen and oxygen atoms in total. The molecule has 1 N–H and O–H groups in total. The van der Waals surface area contributed by atoms with Crippen molar-refractivity contribution in [3.05, 3.63) is 125 Å². The minimum absolute atomic E-state index is 0.0949. The maximum Gasteiger partial charge on any atom is 0.260 e. The third kappa shape index (κ3) is 5.10. The van der Waals surface area contributed by atoms with Crippen molar-refractivity contribution in [2.75, 3.05) is 7.11 Å². The zero-order valence-electron chi connectivity index (χ0n) is 21.3. The topological polar surface area (TPSA) is 85.8 Å². The van der Waals surface area contributed by atoms with E-state index in [0.29, 0.717) is 30.1 Å². The van der Waals surface area contributed by atoms with Gasteiger partial charge in [0.05, 0.1) is 24.7 Å². The van der Waals surface area contributed by atoms with E-state index in [1.54, 1.807) is 30.1 Å². The van der Waals surface area contributed by atoms with Crippen LogP contribution in [0.1, 0.15) is 18.2 Å². The van der Waals surface area contributed by atoms with Gasteiger partial charge in [-0.25, -0.2) is 9.98 Å². The monoisotopic (exact) mass is 504 g/mol. The molecule has 190 valence electrons. The van der Waals surface area contributed by atoms with Crippen molar-refractivity contribution in [2.45, 2.75) is 20.0 Å². The number of methoxy groups -OCH3 is 1. The number of ether oxygens (including phenoxy) is 1. The molecule has 5 rings (SSSR count). The number of rotatable bonds is 9. The molecule has 0 atom stereocenters. The number of nitrogens with zero attached hydrogens (tertiary/aromatic N) is 5. The third-order valence-corrected chi connectivity index (χ3v) is 6.32. The molecule has 0 radical (unpaired) electrons. The predicted molar refractivity (Wildman–Crippen MR) is 151 cm³/mol. The Morgan fingerprint density at radius 3 is 2.71 bits per heavy atom. The fourth-order valence-electron chi connectivity index (χ4n) is 4.37. The van der Waals surface area contributed by atoms with Gasteiger partial charge in [0.25, 0.3) is 5.56 Å². The molecular formula is C30H28N6O2. The largest absolute Gasteiger partial charge is 0.497 e. The molecule has 0 spiro atoms. The molecule has 4 aromatic heterocycles.